The van der Waals surface area contributed by atoms with Crippen LogP contribution in [0.1, 0.15) is 44.7 Å². The Morgan fingerprint density at radius 1 is 1.60 bits per heavy atom. The van der Waals surface area contributed by atoms with E-state index >= 15 is 0 Å². The molecule has 0 amide bonds. The van der Waals surface area contributed by atoms with Crippen LogP contribution >= 0.6 is 11.8 Å². The van der Waals surface area contributed by atoms with E-state index in [2.05, 4.69) is 44.3 Å². The summed E-state index contributed by atoms with van der Waals surface area (Å²) in [6.45, 7) is 8.78. The summed E-state index contributed by atoms with van der Waals surface area (Å²) < 4.78 is 2.02. The third kappa shape index (κ3) is 2.37. The maximum Gasteiger partial charge on any atom is 0.0825 e. The maximum atomic E-state index is 4.37. The van der Waals surface area contributed by atoms with Crippen LogP contribution in [-0.4, -0.2) is 21.1 Å². The van der Waals surface area contributed by atoms with Crippen LogP contribution in [0.15, 0.2) is 12.4 Å². The van der Waals surface area contributed by atoms with Crippen molar-refractivity contribution in [1.82, 2.24) is 15.1 Å². The quantitative estimate of drug-likeness (QED) is 0.839. The molecule has 0 saturated carbocycles. The molecular formula is C11H19N3S. The predicted molar refractivity (Wildman–Crippen MR) is 65.0 cm³/mol. The molecule has 2 heterocycles. The van der Waals surface area contributed by atoms with Gasteiger partial charge < -0.3 is 0 Å². The van der Waals surface area contributed by atoms with Gasteiger partial charge in [0.25, 0.3) is 0 Å². The minimum absolute atomic E-state index is 0.245. The van der Waals surface area contributed by atoms with Crippen LogP contribution in [0, 0.1) is 0 Å². The molecule has 4 heteroatoms. The molecule has 1 atom stereocenters. The molecule has 1 unspecified atom stereocenters. The van der Waals surface area contributed by atoms with E-state index in [1.54, 1.807) is 0 Å². The highest BCUT2D eigenvalue weighted by atomic mass is 32.2. The van der Waals surface area contributed by atoms with E-state index in [1.807, 2.05) is 22.6 Å². The summed E-state index contributed by atoms with van der Waals surface area (Å²) in [4.78, 5) is 0. The smallest absolute Gasteiger partial charge is 0.0825 e. The Labute approximate surface area is 95.6 Å². The topological polar surface area (TPSA) is 29.9 Å². The van der Waals surface area contributed by atoms with Crippen molar-refractivity contribution in [3.05, 3.63) is 18.0 Å². The highest BCUT2D eigenvalue weighted by Crippen LogP contribution is 2.36. The van der Waals surface area contributed by atoms with Gasteiger partial charge in [-0.2, -0.15) is 5.10 Å². The average molecular weight is 225 g/mol. The molecule has 1 aromatic heterocycles. The zero-order valence-corrected chi connectivity index (χ0v) is 10.6. The van der Waals surface area contributed by atoms with Crippen molar-refractivity contribution in [3.8, 4) is 0 Å². The van der Waals surface area contributed by atoms with E-state index in [0.717, 1.165) is 5.75 Å². The molecule has 3 nitrogen and oxygen atoms in total. The Morgan fingerprint density at radius 2 is 2.33 bits per heavy atom. The number of aromatic nitrogens is 2. The summed E-state index contributed by atoms with van der Waals surface area (Å²) in [5, 5.41) is 8.39. The summed E-state index contributed by atoms with van der Waals surface area (Å²) in [5.74, 6) is 1.16. The van der Waals surface area contributed by atoms with Crippen molar-refractivity contribution >= 4 is 11.8 Å². The molecule has 1 aliphatic rings. The van der Waals surface area contributed by atoms with E-state index in [-0.39, 0.29) is 5.54 Å². The Kier molecular flexibility index (Phi) is 2.81. The summed E-state index contributed by atoms with van der Waals surface area (Å²) in [6, 6.07) is 0.443. The van der Waals surface area contributed by atoms with Gasteiger partial charge in [0.05, 0.1) is 11.6 Å². The van der Waals surface area contributed by atoms with Crippen LogP contribution in [0.25, 0.3) is 0 Å². The van der Waals surface area contributed by atoms with Gasteiger partial charge in [-0.15, -0.1) is 11.8 Å². The molecule has 1 aromatic rings. The summed E-state index contributed by atoms with van der Waals surface area (Å²) in [7, 11) is 0. The van der Waals surface area contributed by atoms with E-state index in [9.17, 15) is 0 Å². The monoisotopic (exact) mass is 225 g/mol. The molecule has 0 bridgehead atoms. The molecule has 1 fully saturated rings. The first kappa shape index (κ1) is 11.0. The lowest BCUT2D eigenvalue weighted by atomic mass is 10.1. The van der Waals surface area contributed by atoms with E-state index in [0.29, 0.717) is 11.4 Å². The molecule has 1 aliphatic heterocycles. The fourth-order valence-corrected chi connectivity index (χ4v) is 3.06. The normalized spacial score (nSPS) is 25.0. The highest BCUT2D eigenvalue weighted by Gasteiger charge is 2.32. The first-order valence-corrected chi connectivity index (χ1v) is 6.46. The third-order valence-electron chi connectivity index (χ3n) is 2.59. The number of nitrogens with one attached hydrogen (secondary N) is 1. The predicted octanol–water partition coefficient (Wildman–Crippen LogP) is 2.58. The lowest BCUT2D eigenvalue weighted by Crippen LogP contribution is -2.35. The first-order valence-electron chi connectivity index (χ1n) is 5.41. The van der Waals surface area contributed by atoms with E-state index in [1.165, 1.54) is 5.56 Å². The SMILES string of the molecule is CC(C)n1cc(C2NC(C)(C)CS2)cn1. The number of nitrogens with zero attached hydrogens (tertiary/aromatic N) is 2. The van der Waals surface area contributed by atoms with Crippen molar-refractivity contribution in [2.75, 3.05) is 5.75 Å². The standard InChI is InChI=1S/C11H19N3S/c1-8(2)14-6-9(5-12-14)10-13-11(3,4)7-15-10/h5-6,8,10,13H,7H2,1-4H3. The van der Waals surface area contributed by atoms with Crippen LogP contribution in [0.5, 0.6) is 0 Å². The molecule has 1 saturated heterocycles. The van der Waals surface area contributed by atoms with Crippen LogP contribution in [-0.2, 0) is 0 Å². The van der Waals surface area contributed by atoms with Crippen LogP contribution in [0.4, 0.5) is 0 Å². The van der Waals surface area contributed by atoms with Gasteiger partial charge in [-0.25, -0.2) is 0 Å². The van der Waals surface area contributed by atoms with Gasteiger partial charge in [0.2, 0.25) is 0 Å². The fraction of sp³-hybridized carbons (Fsp3) is 0.727. The average Bonchev–Trinajstić information content (AvgIpc) is 2.70. The van der Waals surface area contributed by atoms with Gasteiger partial charge in [-0.1, -0.05) is 0 Å². The summed E-state index contributed by atoms with van der Waals surface area (Å²) in [6.07, 6.45) is 4.13. The van der Waals surface area contributed by atoms with Crippen LogP contribution < -0.4 is 5.32 Å². The lowest BCUT2D eigenvalue weighted by molar-refractivity contribution is 0.451. The van der Waals surface area contributed by atoms with E-state index < -0.39 is 0 Å². The minimum Gasteiger partial charge on any atom is -0.296 e. The Morgan fingerprint density at radius 3 is 2.80 bits per heavy atom. The second-order valence-corrected chi connectivity index (χ2v) is 6.16. The number of hydrogen-bond donors (Lipinski definition) is 1. The summed E-state index contributed by atoms with van der Waals surface area (Å²) in [5.41, 5.74) is 1.54. The number of hydrogen-bond acceptors (Lipinski definition) is 3. The number of thioether (sulfide) groups is 1. The van der Waals surface area contributed by atoms with E-state index in [4.69, 9.17) is 0 Å². The largest absolute Gasteiger partial charge is 0.296 e. The van der Waals surface area contributed by atoms with Crippen molar-refractivity contribution < 1.29 is 0 Å². The van der Waals surface area contributed by atoms with Gasteiger partial charge in [0.15, 0.2) is 0 Å². The Bertz CT molecular complexity index is 343. The van der Waals surface area contributed by atoms with Gasteiger partial charge in [0, 0.05) is 29.1 Å². The van der Waals surface area contributed by atoms with Crippen LogP contribution in [0.3, 0.4) is 0 Å². The zero-order valence-electron chi connectivity index (χ0n) is 9.82. The maximum absolute atomic E-state index is 4.37. The molecule has 84 valence electrons. The lowest BCUT2D eigenvalue weighted by Gasteiger charge is -2.18. The molecule has 2 rings (SSSR count). The second-order valence-electron chi connectivity index (χ2n) is 5.07. The molecule has 15 heavy (non-hydrogen) atoms. The first-order chi connectivity index (χ1) is 6.98. The molecular weight excluding hydrogens is 206 g/mol. The molecule has 0 aliphatic carbocycles. The van der Waals surface area contributed by atoms with Crippen molar-refractivity contribution in [3.63, 3.8) is 0 Å². The second kappa shape index (κ2) is 3.83. The van der Waals surface area contributed by atoms with Gasteiger partial charge in [0.1, 0.15) is 0 Å². The molecule has 0 aromatic carbocycles. The van der Waals surface area contributed by atoms with Crippen molar-refractivity contribution in [2.24, 2.45) is 0 Å². The van der Waals surface area contributed by atoms with Gasteiger partial charge >= 0.3 is 0 Å². The summed E-state index contributed by atoms with van der Waals surface area (Å²) >= 11 is 1.96. The highest BCUT2D eigenvalue weighted by molar-refractivity contribution is 7.99. The molecule has 0 spiro atoms. The van der Waals surface area contributed by atoms with Crippen molar-refractivity contribution in [1.29, 1.82) is 0 Å². The molecule has 1 N–H and O–H groups in total. The molecule has 0 radical (unpaired) electrons. The van der Waals surface area contributed by atoms with Gasteiger partial charge in [-0.3, -0.25) is 10.00 Å². The van der Waals surface area contributed by atoms with Crippen LogP contribution in [0.2, 0.25) is 0 Å². The fourth-order valence-electron chi connectivity index (χ4n) is 1.68. The minimum atomic E-state index is 0.245. The number of rotatable bonds is 2. The Balaban J connectivity index is 2.11. The van der Waals surface area contributed by atoms with Gasteiger partial charge in [-0.05, 0) is 27.7 Å². The zero-order chi connectivity index (χ0) is 11.1. The van der Waals surface area contributed by atoms with Crippen molar-refractivity contribution in [2.45, 2.75) is 44.6 Å². The third-order valence-corrected chi connectivity index (χ3v) is 4.20. The Hall–Kier alpha value is -0.480.